The summed E-state index contributed by atoms with van der Waals surface area (Å²) in [6.45, 7) is 11.1. The van der Waals surface area contributed by atoms with Crippen LogP contribution in [0.25, 0.3) is 0 Å². The van der Waals surface area contributed by atoms with Crippen molar-refractivity contribution >= 4 is 5.78 Å². The summed E-state index contributed by atoms with van der Waals surface area (Å²) in [7, 11) is 0. The van der Waals surface area contributed by atoms with E-state index < -0.39 is 0 Å². The van der Waals surface area contributed by atoms with E-state index >= 15 is 0 Å². The third kappa shape index (κ3) is 3.79. The fourth-order valence-corrected chi connectivity index (χ4v) is 1.86. The number of Topliss-reactive ketones (excluding diaryl/α,β-unsaturated/α-hetero) is 1. The first kappa shape index (κ1) is 11.7. The molecule has 0 aromatic carbocycles. The van der Waals surface area contributed by atoms with Crippen molar-refractivity contribution in [2.45, 2.75) is 53.0 Å². The van der Waals surface area contributed by atoms with E-state index in [-0.39, 0.29) is 0 Å². The first-order chi connectivity index (χ1) is 6.38. The molecule has 1 heterocycles. The second-order valence-electron chi connectivity index (χ2n) is 5.69. The molecule has 1 aliphatic heterocycles. The summed E-state index contributed by atoms with van der Waals surface area (Å²) >= 11 is 0. The van der Waals surface area contributed by atoms with Gasteiger partial charge in [-0.2, -0.15) is 0 Å². The molecule has 1 unspecified atom stereocenters. The summed E-state index contributed by atoms with van der Waals surface area (Å²) < 4.78 is 0. The molecule has 14 heavy (non-hydrogen) atoms. The Hall–Kier alpha value is -0.370. The number of hydrogen-bond acceptors (Lipinski definition) is 2. The fraction of sp³-hybridized carbons (Fsp3) is 0.917. The number of rotatable bonds is 2. The van der Waals surface area contributed by atoms with Crippen molar-refractivity contribution in [2.24, 2.45) is 5.41 Å². The van der Waals surface area contributed by atoms with Gasteiger partial charge in [-0.3, -0.25) is 9.69 Å². The molecule has 0 aromatic heterocycles. The minimum atomic E-state index is 0.404. The van der Waals surface area contributed by atoms with Crippen molar-refractivity contribution in [3.8, 4) is 0 Å². The number of carbonyl (C=O) groups excluding carboxylic acids is 1. The van der Waals surface area contributed by atoms with Crippen molar-refractivity contribution in [3.05, 3.63) is 0 Å². The highest BCUT2D eigenvalue weighted by Crippen LogP contribution is 2.21. The highest BCUT2D eigenvalue weighted by molar-refractivity contribution is 5.79. The van der Waals surface area contributed by atoms with Crippen molar-refractivity contribution in [2.75, 3.05) is 13.1 Å². The van der Waals surface area contributed by atoms with Gasteiger partial charge in [0.2, 0.25) is 0 Å². The van der Waals surface area contributed by atoms with Crippen LogP contribution in [0.15, 0.2) is 0 Å². The third-order valence-corrected chi connectivity index (χ3v) is 2.97. The summed E-state index contributed by atoms with van der Waals surface area (Å²) in [5.41, 5.74) is 0.404. The van der Waals surface area contributed by atoms with Crippen LogP contribution in [-0.2, 0) is 4.79 Å². The Labute approximate surface area is 87.7 Å². The molecular weight excluding hydrogens is 174 g/mol. The lowest BCUT2D eigenvalue weighted by molar-refractivity contribution is -0.123. The molecule has 0 N–H and O–H groups in total. The van der Waals surface area contributed by atoms with Gasteiger partial charge in [-0.25, -0.2) is 0 Å². The van der Waals surface area contributed by atoms with Gasteiger partial charge in [-0.1, -0.05) is 20.8 Å². The number of ketones is 1. The van der Waals surface area contributed by atoms with E-state index in [9.17, 15) is 4.79 Å². The Morgan fingerprint density at radius 1 is 1.43 bits per heavy atom. The van der Waals surface area contributed by atoms with E-state index in [2.05, 4.69) is 32.6 Å². The summed E-state index contributed by atoms with van der Waals surface area (Å²) in [5.74, 6) is 0.435. The summed E-state index contributed by atoms with van der Waals surface area (Å²) in [6, 6.07) is 0.457. The molecule has 1 rings (SSSR count). The molecule has 0 amide bonds. The van der Waals surface area contributed by atoms with E-state index in [0.717, 1.165) is 25.9 Å². The normalized spacial score (nSPS) is 25.4. The first-order valence-electron chi connectivity index (χ1n) is 5.64. The molecule has 0 radical (unpaired) electrons. The zero-order valence-electron chi connectivity index (χ0n) is 9.97. The van der Waals surface area contributed by atoms with Gasteiger partial charge >= 0.3 is 0 Å². The second-order valence-corrected chi connectivity index (χ2v) is 5.69. The average molecular weight is 197 g/mol. The largest absolute Gasteiger partial charge is 0.300 e. The molecule has 2 nitrogen and oxygen atoms in total. The lowest BCUT2D eigenvalue weighted by Crippen LogP contribution is -2.42. The highest BCUT2D eigenvalue weighted by atomic mass is 16.1. The summed E-state index contributed by atoms with van der Waals surface area (Å²) in [4.78, 5) is 13.6. The van der Waals surface area contributed by atoms with E-state index in [0.29, 0.717) is 17.2 Å². The van der Waals surface area contributed by atoms with Crippen LogP contribution in [0, 0.1) is 5.41 Å². The van der Waals surface area contributed by atoms with E-state index in [1.165, 1.54) is 6.42 Å². The molecule has 82 valence electrons. The summed E-state index contributed by atoms with van der Waals surface area (Å²) in [5, 5.41) is 0. The van der Waals surface area contributed by atoms with Crippen LogP contribution < -0.4 is 0 Å². The maximum Gasteiger partial charge on any atom is 0.135 e. The predicted molar refractivity (Wildman–Crippen MR) is 59.3 cm³/mol. The molecule has 0 aromatic rings. The smallest absolute Gasteiger partial charge is 0.135 e. The molecule has 1 aliphatic rings. The lowest BCUT2D eigenvalue weighted by Gasteiger charge is -2.34. The van der Waals surface area contributed by atoms with Crippen LogP contribution in [0.3, 0.4) is 0 Å². The first-order valence-corrected chi connectivity index (χ1v) is 5.64. The topological polar surface area (TPSA) is 20.3 Å². The number of carbonyl (C=O) groups is 1. The van der Waals surface area contributed by atoms with Gasteiger partial charge in [0.15, 0.2) is 0 Å². The Kier molecular flexibility index (Phi) is 3.71. The maximum absolute atomic E-state index is 11.2. The van der Waals surface area contributed by atoms with Crippen molar-refractivity contribution in [1.29, 1.82) is 0 Å². The number of nitrogens with zero attached hydrogens (tertiary/aromatic N) is 1. The maximum atomic E-state index is 11.2. The number of piperidine rings is 1. The number of hydrogen-bond donors (Lipinski definition) is 0. The molecule has 1 saturated heterocycles. The number of likely N-dealkylation sites (tertiary alicyclic amines) is 1. The monoisotopic (exact) mass is 197 g/mol. The van der Waals surface area contributed by atoms with Crippen LogP contribution in [0.2, 0.25) is 0 Å². The van der Waals surface area contributed by atoms with E-state index in [1.807, 2.05) is 0 Å². The van der Waals surface area contributed by atoms with E-state index in [4.69, 9.17) is 0 Å². The van der Waals surface area contributed by atoms with Crippen LogP contribution >= 0.6 is 0 Å². The highest BCUT2D eigenvalue weighted by Gasteiger charge is 2.24. The fourth-order valence-electron chi connectivity index (χ4n) is 1.86. The standard InChI is InChI=1S/C12H23NO/c1-10-9-11(14)5-7-13(10)8-6-12(2,3)4/h10H,5-9H2,1-4H3. The van der Waals surface area contributed by atoms with Gasteiger partial charge in [-0.05, 0) is 25.3 Å². The molecule has 0 saturated carbocycles. The molecular formula is C12H23NO. The van der Waals surface area contributed by atoms with Gasteiger partial charge in [0.05, 0.1) is 0 Å². The Morgan fingerprint density at radius 3 is 2.57 bits per heavy atom. The lowest BCUT2D eigenvalue weighted by atomic mass is 9.91. The van der Waals surface area contributed by atoms with Gasteiger partial charge < -0.3 is 0 Å². The SMILES string of the molecule is CC1CC(=O)CCN1CCC(C)(C)C. The van der Waals surface area contributed by atoms with Gasteiger partial charge in [0, 0.05) is 25.4 Å². The second kappa shape index (κ2) is 4.43. The minimum absolute atomic E-state index is 0.404. The molecule has 0 spiro atoms. The van der Waals surface area contributed by atoms with Crippen LogP contribution in [0.4, 0.5) is 0 Å². The molecule has 0 bridgehead atoms. The van der Waals surface area contributed by atoms with Gasteiger partial charge in [0.1, 0.15) is 5.78 Å². The van der Waals surface area contributed by atoms with Crippen LogP contribution in [0.1, 0.15) is 47.0 Å². The minimum Gasteiger partial charge on any atom is -0.300 e. The average Bonchev–Trinajstić information content (AvgIpc) is 2.00. The molecule has 1 fully saturated rings. The Morgan fingerprint density at radius 2 is 2.07 bits per heavy atom. The van der Waals surface area contributed by atoms with Gasteiger partial charge in [-0.15, -0.1) is 0 Å². The van der Waals surface area contributed by atoms with E-state index in [1.54, 1.807) is 0 Å². The van der Waals surface area contributed by atoms with Gasteiger partial charge in [0.25, 0.3) is 0 Å². The summed E-state index contributed by atoms with van der Waals surface area (Å²) in [6.07, 6.45) is 2.73. The Balaban J connectivity index is 2.34. The zero-order chi connectivity index (χ0) is 10.8. The van der Waals surface area contributed by atoms with Crippen molar-refractivity contribution < 1.29 is 4.79 Å². The molecule has 0 aliphatic carbocycles. The van der Waals surface area contributed by atoms with Crippen molar-refractivity contribution in [1.82, 2.24) is 4.90 Å². The zero-order valence-corrected chi connectivity index (χ0v) is 9.97. The quantitative estimate of drug-likeness (QED) is 0.678. The van der Waals surface area contributed by atoms with Crippen molar-refractivity contribution in [3.63, 3.8) is 0 Å². The third-order valence-electron chi connectivity index (χ3n) is 2.97. The Bertz CT molecular complexity index is 205. The predicted octanol–water partition coefficient (Wildman–Crippen LogP) is 2.48. The molecule has 2 heteroatoms. The van der Waals surface area contributed by atoms with Crippen LogP contribution in [0.5, 0.6) is 0 Å². The molecule has 1 atom stereocenters. The van der Waals surface area contributed by atoms with Crippen LogP contribution in [-0.4, -0.2) is 29.8 Å².